The topological polar surface area (TPSA) is 98.5 Å². The molecule has 2 rings (SSSR count). The molecule has 3 N–H and O–H groups in total. The molecule has 1 amide bonds. The van der Waals surface area contributed by atoms with E-state index >= 15 is 0 Å². The Kier molecular flexibility index (Phi) is 4.00. The van der Waals surface area contributed by atoms with Crippen LogP contribution in [0.2, 0.25) is 0 Å². The lowest BCUT2D eigenvalue weighted by Crippen LogP contribution is -2.47. The zero-order valence-corrected chi connectivity index (χ0v) is 12.0. The van der Waals surface area contributed by atoms with Crippen LogP contribution in [0.3, 0.4) is 0 Å². The number of halogens is 2. The Morgan fingerprint density at radius 1 is 1.43 bits per heavy atom. The van der Waals surface area contributed by atoms with Crippen molar-refractivity contribution < 1.29 is 26.7 Å². The highest BCUT2D eigenvalue weighted by Gasteiger charge is 2.34. The summed E-state index contributed by atoms with van der Waals surface area (Å²) in [6.07, 6.45) is 0.483. The van der Waals surface area contributed by atoms with E-state index in [1.807, 2.05) is 0 Å². The molecule has 6 nitrogen and oxygen atoms in total. The van der Waals surface area contributed by atoms with Gasteiger partial charge in [0.05, 0.1) is 12.1 Å². The molecule has 0 spiro atoms. The van der Waals surface area contributed by atoms with E-state index in [9.17, 15) is 22.0 Å². The van der Waals surface area contributed by atoms with Gasteiger partial charge in [0, 0.05) is 6.61 Å². The molecule has 0 bridgehead atoms. The van der Waals surface area contributed by atoms with Crippen molar-refractivity contribution in [3.8, 4) is 0 Å². The summed E-state index contributed by atoms with van der Waals surface area (Å²) in [4.78, 5) is 11.1. The molecule has 0 radical (unpaired) electrons. The number of nitrogens with two attached hydrogens (primary N) is 1. The summed E-state index contributed by atoms with van der Waals surface area (Å²) in [7, 11) is -4.40. The van der Waals surface area contributed by atoms with E-state index in [1.165, 1.54) is 0 Å². The zero-order valence-electron chi connectivity index (χ0n) is 11.2. The Morgan fingerprint density at radius 2 is 2.10 bits per heavy atom. The number of sulfonamides is 1. The lowest BCUT2D eigenvalue weighted by molar-refractivity contribution is 0.0880. The van der Waals surface area contributed by atoms with Gasteiger partial charge in [-0.3, -0.25) is 4.79 Å². The van der Waals surface area contributed by atoms with Gasteiger partial charge in [-0.05, 0) is 25.5 Å². The number of carbonyl (C=O) groups excluding carboxylic acids is 1. The maximum atomic E-state index is 14.1. The number of hydrogen-bond acceptors (Lipinski definition) is 4. The predicted octanol–water partition coefficient (Wildman–Crippen LogP) is 0.521. The molecule has 1 atom stereocenters. The van der Waals surface area contributed by atoms with E-state index in [0.29, 0.717) is 25.2 Å². The number of hydrogen-bond donors (Lipinski definition) is 2. The second-order valence-electron chi connectivity index (χ2n) is 5.10. The molecule has 21 heavy (non-hydrogen) atoms. The Hall–Kier alpha value is -1.58. The minimum Gasteiger partial charge on any atom is -0.379 e. The van der Waals surface area contributed by atoms with Gasteiger partial charge < -0.3 is 10.1 Å². The van der Waals surface area contributed by atoms with Crippen LogP contribution in [-0.4, -0.2) is 33.1 Å². The smallest absolute Gasteiger partial charge is 0.257 e. The van der Waals surface area contributed by atoms with Crippen LogP contribution >= 0.6 is 0 Å². The highest BCUT2D eigenvalue weighted by atomic mass is 32.2. The van der Waals surface area contributed by atoms with E-state index in [4.69, 9.17) is 9.88 Å². The Bertz CT molecular complexity index is 685. The molecule has 1 aromatic rings. The van der Waals surface area contributed by atoms with Gasteiger partial charge in [0.25, 0.3) is 5.91 Å². The van der Waals surface area contributed by atoms with Crippen LogP contribution in [0, 0.1) is 11.6 Å². The fourth-order valence-corrected chi connectivity index (χ4v) is 2.67. The van der Waals surface area contributed by atoms with Crippen molar-refractivity contribution >= 4 is 15.9 Å². The minimum atomic E-state index is -4.40. The minimum absolute atomic E-state index is 0.205. The van der Waals surface area contributed by atoms with Crippen LogP contribution in [0.5, 0.6) is 0 Å². The lowest BCUT2D eigenvalue weighted by Gasteiger charge is -2.23. The van der Waals surface area contributed by atoms with Crippen LogP contribution in [-0.2, 0) is 14.8 Å². The molecule has 1 aliphatic heterocycles. The first kappa shape index (κ1) is 15.8. The summed E-state index contributed by atoms with van der Waals surface area (Å²) in [6.45, 7) is 2.28. The molecule has 1 unspecified atom stereocenters. The summed E-state index contributed by atoms with van der Waals surface area (Å²) < 4.78 is 55.3. The largest absolute Gasteiger partial charge is 0.379 e. The number of benzene rings is 1. The van der Waals surface area contributed by atoms with E-state index in [2.05, 4.69) is 5.32 Å². The first-order valence-electron chi connectivity index (χ1n) is 6.05. The second-order valence-corrected chi connectivity index (χ2v) is 6.63. The van der Waals surface area contributed by atoms with Gasteiger partial charge in [-0.1, -0.05) is 0 Å². The zero-order chi connectivity index (χ0) is 15.8. The molecule has 116 valence electrons. The molecule has 1 saturated heterocycles. The van der Waals surface area contributed by atoms with Crippen LogP contribution in [0.25, 0.3) is 0 Å². The SMILES string of the molecule is CC1(NC(=O)c2c(F)ccc(S(N)(=O)=O)c2F)CCOC1. The molecule has 1 aromatic carbocycles. The van der Waals surface area contributed by atoms with Gasteiger partial charge in [-0.2, -0.15) is 0 Å². The van der Waals surface area contributed by atoms with Gasteiger partial charge in [-0.15, -0.1) is 0 Å². The van der Waals surface area contributed by atoms with Crippen molar-refractivity contribution in [3.05, 3.63) is 29.3 Å². The maximum Gasteiger partial charge on any atom is 0.257 e. The van der Waals surface area contributed by atoms with Crippen LogP contribution < -0.4 is 10.5 Å². The summed E-state index contributed by atoms with van der Waals surface area (Å²) in [5.74, 6) is -3.72. The fourth-order valence-electron chi connectivity index (χ4n) is 2.06. The maximum absolute atomic E-state index is 14.1. The predicted molar refractivity (Wildman–Crippen MR) is 69.0 cm³/mol. The molecular weight excluding hydrogens is 306 g/mol. The van der Waals surface area contributed by atoms with Crippen molar-refractivity contribution in [2.24, 2.45) is 5.14 Å². The average Bonchev–Trinajstić information content (AvgIpc) is 2.73. The molecule has 1 fully saturated rings. The van der Waals surface area contributed by atoms with Gasteiger partial charge in [0.1, 0.15) is 16.3 Å². The lowest BCUT2D eigenvalue weighted by atomic mass is 10.0. The molecular formula is C12H14F2N2O4S. The van der Waals surface area contributed by atoms with E-state index in [1.54, 1.807) is 6.92 Å². The Balaban J connectivity index is 2.41. The molecule has 1 heterocycles. The first-order chi connectivity index (χ1) is 9.64. The van der Waals surface area contributed by atoms with Crippen molar-refractivity contribution in [1.29, 1.82) is 0 Å². The third kappa shape index (κ3) is 3.20. The van der Waals surface area contributed by atoms with Crippen molar-refractivity contribution in [1.82, 2.24) is 5.32 Å². The molecule has 0 aromatic heterocycles. The standard InChI is InChI=1S/C12H14F2N2O4S/c1-12(4-5-20-6-12)16-11(17)9-7(13)2-3-8(10(9)14)21(15,18)19/h2-3H,4-6H2,1H3,(H,16,17)(H2,15,18,19). The third-order valence-electron chi connectivity index (χ3n) is 3.22. The van der Waals surface area contributed by atoms with Gasteiger partial charge in [0.2, 0.25) is 10.0 Å². The van der Waals surface area contributed by atoms with Gasteiger partial charge in [-0.25, -0.2) is 22.3 Å². The van der Waals surface area contributed by atoms with Crippen LogP contribution in [0.1, 0.15) is 23.7 Å². The first-order valence-corrected chi connectivity index (χ1v) is 7.60. The number of carbonyl (C=O) groups is 1. The van der Waals surface area contributed by atoms with Crippen molar-refractivity contribution in [3.63, 3.8) is 0 Å². The van der Waals surface area contributed by atoms with Crippen molar-refractivity contribution in [2.45, 2.75) is 23.8 Å². The van der Waals surface area contributed by atoms with E-state index in [-0.39, 0.29) is 6.61 Å². The molecule has 0 aliphatic carbocycles. The Labute approximate surface area is 120 Å². The highest BCUT2D eigenvalue weighted by Crippen LogP contribution is 2.23. The van der Waals surface area contributed by atoms with E-state index < -0.39 is 43.6 Å². The van der Waals surface area contributed by atoms with Gasteiger partial charge >= 0.3 is 0 Å². The van der Waals surface area contributed by atoms with Gasteiger partial charge in [0.15, 0.2) is 5.82 Å². The quantitative estimate of drug-likeness (QED) is 0.848. The summed E-state index contributed by atoms with van der Waals surface area (Å²) in [5.41, 5.74) is -1.73. The number of rotatable bonds is 3. The fraction of sp³-hybridized carbons (Fsp3) is 0.417. The van der Waals surface area contributed by atoms with E-state index in [0.717, 1.165) is 0 Å². The third-order valence-corrected chi connectivity index (χ3v) is 4.15. The average molecular weight is 320 g/mol. The van der Waals surface area contributed by atoms with Crippen LogP contribution in [0.4, 0.5) is 8.78 Å². The summed E-state index contributed by atoms with van der Waals surface area (Å²) >= 11 is 0. The normalized spacial score (nSPS) is 22.3. The number of primary sulfonamides is 1. The number of amides is 1. The molecule has 1 aliphatic rings. The van der Waals surface area contributed by atoms with Crippen LogP contribution in [0.15, 0.2) is 17.0 Å². The second kappa shape index (κ2) is 5.32. The summed E-state index contributed by atoms with van der Waals surface area (Å²) in [6, 6.07) is 1.36. The Morgan fingerprint density at radius 3 is 2.62 bits per heavy atom. The van der Waals surface area contributed by atoms with Crippen molar-refractivity contribution in [2.75, 3.05) is 13.2 Å². The highest BCUT2D eigenvalue weighted by molar-refractivity contribution is 7.89. The number of ether oxygens (including phenoxy) is 1. The monoisotopic (exact) mass is 320 g/mol. The summed E-state index contributed by atoms with van der Waals surface area (Å²) in [5, 5.41) is 7.28. The molecule has 0 saturated carbocycles. The number of nitrogens with one attached hydrogen (secondary N) is 1. The molecule has 9 heteroatoms.